The summed E-state index contributed by atoms with van der Waals surface area (Å²) in [5.74, 6) is 0.573. The lowest BCUT2D eigenvalue weighted by atomic mass is 9.94. The van der Waals surface area contributed by atoms with E-state index in [0.29, 0.717) is 12.5 Å². The number of hydrogen-bond acceptors (Lipinski definition) is 2. The number of aliphatic hydroxyl groups is 1. The molecule has 0 aromatic heterocycles. The Morgan fingerprint density at radius 2 is 1.76 bits per heavy atom. The van der Waals surface area contributed by atoms with E-state index in [2.05, 4.69) is 18.7 Å². The number of likely N-dealkylation sites (tertiary alicyclic amines) is 1. The molecule has 17 heavy (non-hydrogen) atoms. The van der Waals surface area contributed by atoms with Crippen molar-refractivity contribution in [3.05, 3.63) is 0 Å². The molecule has 0 aromatic carbocycles. The van der Waals surface area contributed by atoms with Crippen molar-refractivity contribution < 1.29 is 5.11 Å². The average molecular weight is 241 g/mol. The molecule has 1 fully saturated rings. The van der Waals surface area contributed by atoms with E-state index in [1.54, 1.807) is 0 Å². The number of hydrogen-bond donors (Lipinski definition) is 1. The van der Waals surface area contributed by atoms with E-state index in [1.807, 2.05) is 0 Å². The predicted molar refractivity (Wildman–Crippen MR) is 74.2 cm³/mol. The number of nitrogens with zero attached hydrogens (tertiary/aromatic N) is 1. The Balaban J connectivity index is 2.31. The number of rotatable bonds is 8. The number of aliphatic hydroxyl groups excluding tert-OH is 1. The molecule has 1 rings (SSSR count). The van der Waals surface area contributed by atoms with Crippen LogP contribution in [0.3, 0.4) is 0 Å². The first-order chi connectivity index (χ1) is 8.31. The summed E-state index contributed by atoms with van der Waals surface area (Å²) in [5, 5.41) is 9.17. The molecule has 1 N–H and O–H groups in total. The molecule has 2 nitrogen and oxygen atoms in total. The molecule has 0 amide bonds. The maximum atomic E-state index is 9.17. The minimum Gasteiger partial charge on any atom is -0.396 e. The first-order valence-electron chi connectivity index (χ1n) is 7.66. The topological polar surface area (TPSA) is 23.5 Å². The summed E-state index contributed by atoms with van der Waals surface area (Å²) in [5.41, 5.74) is 0. The van der Waals surface area contributed by atoms with Gasteiger partial charge in [-0.1, -0.05) is 39.5 Å². The zero-order chi connectivity index (χ0) is 12.5. The summed E-state index contributed by atoms with van der Waals surface area (Å²) < 4.78 is 0. The summed E-state index contributed by atoms with van der Waals surface area (Å²) in [4.78, 5) is 2.69. The van der Waals surface area contributed by atoms with E-state index in [-0.39, 0.29) is 0 Å². The largest absolute Gasteiger partial charge is 0.396 e. The minimum absolute atomic E-state index is 0.391. The quantitative estimate of drug-likeness (QED) is 0.658. The number of piperidine rings is 1. The van der Waals surface area contributed by atoms with Crippen LogP contribution in [0.1, 0.15) is 65.2 Å². The second-order valence-corrected chi connectivity index (χ2v) is 5.60. The van der Waals surface area contributed by atoms with E-state index in [1.165, 1.54) is 64.5 Å². The maximum Gasteiger partial charge on any atom is 0.0460 e. The van der Waals surface area contributed by atoms with Gasteiger partial charge in [-0.05, 0) is 44.7 Å². The van der Waals surface area contributed by atoms with Gasteiger partial charge in [-0.15, -0.1) is 0 Å². The summed E-state index contributed by atoms with van der Waals surface area (Å²) in [7, 11) is 0. The fourth-order valence-electron chi connectivity index (χ4n) is 2.97. The highest BCUT2D eigenvalue weighted by molar-refractivity contribution is 4.78. The highest BCUT2D eigenvalue weighted by Gasteiger charge is 2.23. The van der Waals surface area contributed by atoms with Crippen LogP contribution >= 0.6 is 0 Å². The monoisotopic (exact) mass is 241 g/mol. The SMILES string of the molecule is CCCCCC(CCC)N1CCC(CO)CC1. The molecule has 0 saturated carbocycles. The average Bonchev–Trinajstić information content (AvgIpc) is 2.38. The Hall–Kier alpha value is -0.0800. The molecule has 2 heteroatoms. The lowest BCUT2D eigenvalue weighted by molar-refractivity contribution is 0.0912. The van der Waals surface area contributed by atoms with Crippen LogP contribution < -0.4 is 0 Å². The van der Waals surface area contributed by atoms with Gasteiger partial charge in [0.1, 0.15) is 0 Å². The summed E-state index contributed by atoms with van der Waals surface area (Å²) in [6, 6.07) is 0.811. The normalized spacial score (nSPS) is 20.6. The van der Waals surface area contributed by atoms with Gasteiger partial charge in [-0.25, -0.2) is 0 Å². The van der Waals surface area contributed by atoms with Crippen molar-refractivity contribution >= 4 is 0 Å². The standard InChI is InChI=1S/C15H31NO/c1-3-5-6-8-15(7-4-2)16-11-9-14(13-17)10-12-16/h14-15,17H,3-13H2,1-2H3. The second-order valence-electron chi connectivity index (χ2n) is 5.60. The van der Waals surface area contributed by atoms with Crippen molar-refractivity contribution in [1.29, 1.82) is 0 Å². The highest BCUT2D eigenvalue weighted by atomic mass is 16.3. The smallest absolute Gasteiger partial charge is 0.0460 e. The van der Waals surface area contributed by atoms with Crippen LogP contribution in [0.15, 0.2) is 0 Å². The molecule has 0 radical (unpaired) electrons. The van der Waals surface area contributed by atoms with Gasteiger partial charge in [-0.2, -0.15) is 0 Å². The molecular weight excluding hydrogens is 210 g/mol. The van der Waals surface area contributed by atoms with E-state index in [0.717, 1.165) is 6.04 Å². The van der Waals surface area contributed by atoms with Crippen molar-refractivity contribution in [2.75, 3.05) is 19.7 Å². The van der Waals surface area contributed by atoms with Gasteiger partial charge in [0.05, 0.1) is 0 Å². The fraction of sp³-hybridized carbons (Fsp3) is 1.00. The van der Waals surface area contributed by atoms with Crippen LogP contribution in [0, 0.1) is 5.92 Å². The van der Waals surface area contributed by atoms with Gasteiger partial charge in [0, 0.05) is 12.6 Å². The van der Waals surface area contributed by atoms with Crippen molar-refractivity contribution in [3.63, 3.8) is 0 Å². The van der Waals surface area contributed by atoms with E-state index in [9.17, 15) is 5.11 Å². The maximum absolute atomic E-state index is 9.17. The summed E-state index contributed by atoms with van der Waals surface area (Å²) in [6.45, 7) is 7.39. The fourth-order valence-corrected chi connectivity index (χ4v) is 2.97. The van der Waals surface area contributed by atoms with Gasteiger partial charge in [0.25, 0.3) is 0 Å². The Bertz CT molecular complexity index is 176. The molecule has 1 saturated heterocycles. The van der Waals surface area contributed by atoms with E-state index >= 15 is 0 Å². The minimum atomic E-state index is 0.391. The third-order valence-corrected chi connectivity index (χ3v) is 4.19. The van der Waals surface area contributed by atoms with Crippen LogP contribution in [0.25, 0.3) is 0 Å². The molecule has 0 bridgehead atoms. The summed E-state index contributed by atoms with van der Waals surface area (Å²) >= 11 is 0. The predicted octanol–water partition coefficient (Wildman–Crippen LogP) is 3.44. The zero-order valence-electron chi connectivity index (χ0n) is 11.8. The molecule has 1 unspecified atom stereocenters. The lowest BCUT2D eigenvalue weighted by Gasteiger charge is -2.37. The van der Waals surface area contributed by atoms with Gasteiger partial charge in [0.2, 0.25) is 0 Å². The Kier molecular flexibility index (Phi) is 7.87. The molecule has 1 heterocycles. The molecular formula is C15H31NO. The molecule has 1 atom stereocenters. The molecule has 0 aliphatic carbocycles. The zero-order valence-corrected chi connectivity index (χ0v) is 11.8. The van der Waals surface area contributed by atoms with Gasteiger partial charge >= 0.3 is 0 Å². The Labute approximate surface area is 107 Å². The van der Waals surface area contributed by atoms with Crippen LogP contribution in [-0.4, -0.2) is 35.7 Å². The Morgan fingerprint density at radius 3 is 2.29 bits per heavy atom. The van der Waals surface area contributed by atoms with Crippen molar-refractivity contribution in [3.8, 4) is 0 Å². The van der Waals surface area contributed by atoms with Gasteiger partial charge in [-0.3, -0.25) is 0 Å². The molecule has 1 aliphatic rings. The lowest BCUT2D eigenvalue weighted by Crippen LogP contribution is -2.42. The third kappa shape index (κ3) is 5.39. The van der Waals surface area contributed by atoms with Gasteiger partial charge in [0.15, 0.2) is 0 Å². The first kappa shape index (κ1) is 15.0. The molecule has 0 aromatic rings. The van der Waals surface area contributed by atoms with Crippen LogP contribution in [-0.2, 0) is 0 Å². The van der Waals surface area contributed by atoms with Crippen LogP contribution in [0.2, 0.25) is 0 Å². The molecule has 1 aliphatic heterocycles. The first-order valence-corrected chi connectivity index (χ1v) is 7.66. The Morgan fingerprint density at radius 1 is 1.06 bits per heavy atom. The van der Waals surface area contributed by atoms with E-state index in [4.69, 9.17) is 0 Å². The van der Waals surface area contributed by atoms with Crippen LogP contribution in [0.5, 0.6) is 0 Å². The van der Waals surface area contributed by atoms with Crippen LogP contribution in [0.4, 0.5) is 0 Å². The summed E-state index contributed by atoms with van der Waals surface area (Å²) in [6.07, 6.45) is 10.5. The van der Waals surface area contributed by atoms with Crippen molar-refractivity contribution in [2.24, 2.45) is 5.92 Å². The van der Waals surface area contributed by atoms with E-state index < -0.39 is 0 Å². The van der Waals surface area contributed by atoms with Crippen molar-refractivity contribution in [1.82, 2.24) is 4.90 Å². The second kappa shape index (κ2) is 8.93. The number of unbranched alkanes of at least 4 members (excludes halogenated alkanes) is 2. The highest BCUT2D eigenvalue weighted by Crippen LogP contribution is 2.23. The van der Waals surface area contributed by atoms with Gasteiger partial charge < -0.3 is 10.0 Å². The molecule has 0 spiro atoms. The third-order valence-electron chi connectivity index (χ3n) is 4.19. The molecule has 102 valence electrons. The van der Waals surface area contributed by atoms with Crippen molar-refractivity contribution in [2.45, 2.75) is 71.3 Å².